The minimum atomic E-state index is -0.0322. The summed E-state index contributed by atoms with van der Waals surface area (Å²) in [6.07, 6.45) is 4.42. The molecule has 8 nitrogen and oxygen atoms in total. The van der Waals surface area contributed by atoms with E-state index in [9.17, 15) is 0 Å². The number of imidazole rings is 1. The summed E-state index contributed by atoms with van der Waals surface area (Å²) in [6, 6.07) is 10.9. The summed E-state index contributed by atoms with van der Waals surface area (Å²) in [5, 5.41) is 4.18. The molecule has 3 aliphatic rings. The van der Waals surface area contributed by atoms with E-state index < -0.39 is 0 Å². The predicted molar refractivity (Wildman–Crippen MR) is 129 cm³/mol. The van der Waals surface area contributed by atoms with Gasteiger partial charge >= 0.3 is 0 Å². The number of benzene rings is 1. The molecule has 8 heteroatoms. The topological polar surface area (TPSA) is 72.5 Å². The van der Waals surface area contributed by atoms with Crippen LogP contribution in [0, 0.1) is 13.8 Å². The number of pyridine rings is 1. The van der Waals surface area contributed by atoms with E-state index in [1.54, 1.807) is 0 Å². The van der Waals surface area contributed by atoms with E-state index in [-0.39, 0.29) is 6.04 Å². The van der Waals surface area contributed by atoms with Crippen LogP contribution in [0.4, 0.5) is 5.95 Å². The third-order valence-electron chi connectivity index (χ3n) is 7.69. The van der Waals surface area contributed by atoms with Gasteiger partial charge in [0.05, 0.1) is 22.5 Å². The molecule has 174 valence electrons. The Morgan fingerprint density at radius 2 is 2.00 bits per heavy atom. The van der Waals surface area contributed by atoms with Crippen molar-refractivity contribution < 1.29 is 9.26 Å². The molecule has 6 heterocycles. The minimum Gasteiger partial charge on any atom is -0.488 e. The maximum Gasteiger partial charge on any atom is 0.207 e. The lowest BCUT2D eigenvalue weighted by atomic mass is 10.0. The molecule has 0 radical (unpaired) electrons. The van der Waals surface area contributed by atoms with E-state index in [4.69, 9.17) is 19.2 Å². The van der Waals surface area contributed by atoms with Gasteiger partial charge in [-0.2, -0.15) is 0 Å². The van der Waals surface area contributed by atoms with Crippen molar-refractivity contribution in [1.82, 2.24) is 24.6 Å². The first-order chi connectivity index (χ1) is 16.7. The summed E-state index contributed by atoms with van der Waals surface area (Å²) in [5.74, 6) is 2.68. The first-order valence-electron chi connectivity index (χ1n) is 12.2. The van der Waals surface area contributed by atoms with Gasteiger partial charge in [0.1, 0.15) is 23.9 Å². The summed E-state index contributed by atoms with van der Waals surface area (Å²) in [5.41, 5.74) is 5.86. The molecule has 2 fully saturated rings. The zero-order valence-corrected chi connectivity index (χ0v) is 19.6. The standard InChI is InChI=1S/C26H28N6O2/c1-16-23(17(2)34-29-16)19-8-9-21-24-25(19)33-15-22(20-7-3-4-10-27-20)32(24)26(28-21)31-13-12-30-11-5-6-18(30)14-31/h3-4,7-10,18,22H,5-6,11-15H2,1-2H3/t18-,22+/m1/s1. The summed E-state index contributed by atoms with van der Waals surface area (Å²) in [6.45, 7) is 8.76. The average Bonchev–Trinajstić information content (AvgIpc) is 3.58. The van der Waals surface area contributed by atoms with Crippen molar-refractivity contribution in [3.05, 3.63) is 53.7 Å². The van der Waals surface area contributed by atoms with Crippen molar-refractivity contribution in [3.8, 4) is 16.9 Å². The fraction of sp³-hybridized carbons (Fsp3) is 0.423. The Labute approximate surface area is 198 Å². The maximum atomic E-state index is 6.50. The number of aromatic nitrogens is 4. The van der Waals surface area contributed by atoms with E-state index in [0.29, 0.717) is 12.6 Å². The SMILES string of the molecule is Cc1noc(C)c1-c1ccc2nc(N3CCN4CCC[C@@H]4C3)n3c2c1OC[C@H]3c1ccccn1. The van der Waals surface area contributed by atoms with E-state index in [0.717, 1.165) is 70.6 Å². The fourth-order valence-corrected chi connectivity index (χ4v) is 6.07. The number of ether oxygens (including phenoxy) is 1. The van der Waals surface area contributed by atoms with Crippen LogP contribution in [0.15, 0.2) is 41.1 Å². The molecule has 0 aliphatic carbocycles. The van der Waals surface area contributed by atoms with Gasteiger partial charge in [-0.05, 0) is 57.5 Å². The fourth-order valence-electron chi connectivity index (χ4n) is 6.07. The van der Waals surface area contributed by atoms with Crippen molar-refractivity contribution in [2.75, 3.05) is 37.7 Å². The zero-order valence-electron chi connectivity index (χ0n) is 19.6. The van der Waals surface area contributed by atoms with Crippen LogP contribution in [0.3, 0.4) is 0 Å². The lowest BCUT2D eigenvalue weighted by Crippen LogP contribution is -2.51. The third-order valence-corrected chi connectivity index (χ3v) is 7.69. The quantitative estimate of drug-likeness (QED) is 0.462. The maximum absolute atomic E-state index is 6.50. The first-order valence-corrected chi connectivity index (χ1v) is 12.2. The van der Waals surface area contributed by atoms with Crippen LogP contribution in [0.5, 0.6) is 5.75 Å². The molecule has 0 amide bonds. The van der Waals surface area contributed by atoms with Crippen molar-refractivity contribution in [1.29, 1.82) is 0 Å². The molecular weight excluding hydrogens is 428 g/mol. The molecule has 2 saturated heterocycles. The number of rotatable bonds is 3. The van der Waals surface area contributed by atoms with Crippen molar-refractivity contribution in [2.45, 2.75) is 38.8 Å². The first kappa shape index (κ1) is 20.0. The Morgan fingerprint density at radius 1 is 1.06 bits per heavy atom. The lowest BCUT2D eigenvalue weighted by molar-refractivity contribution is 0.225. The monoisotopic (exact) mass is 456 g/mol. The Hall–Kier alpha value is -3.39. The number of nitrogens with zero attached hydrogens (tertiary/aromatic N) is 6. The van der Waals surface area contributed by atoms with Crippen molar-refractivity contribution in [2.24, 2.45) is 0 Å². The summed E-state index contributed by atoms with van der Waals surface area (Å²) >= 11 is 0. The highest BCUT2D eigenvalue weighted by Gasteiger charge is 2.37. The van der Waals surface area contributed by atoms with Gasteiger partial charge in [0.25, 0.3) is 0 Å². The van der Waals surface area contributed by atoms with Crippen LogP contribution in [0.2, 0.25) is 0 Å². The molecule has 4 aromatic rings. The third kappa shape index (κ3) is 2.91. The van der Waals surface area contributed by atoms with E-state index >= 15 is 0 Å². The number of anilines is 1. The van der Waals surface area contributed by atoms with Gasteiger partial charge in [-0.1, -0.05) is 11.2 Å². The molecule has 0 spiro atoms. The highest BCUT2D eigenvalue weighted by atomic mass is 16.5. The number of piperazine rings is 1. The van der Waals surface area contributed by atoms with Gasteiger partial charge in [0.2, 0.25) is 5.95 Å². The van der Waals surface area contributed by atoms with Crippen molar-refractivity contribution >= 4 is 17.0 Å². The highest BCUT2D eigenvalue weighted by Crippen LogP contribution is 2.46. The molecule has 7 rings (SSSR count). The average molecular weight is 457 g/mol. The molecule has 34 heavy (non-hydrogen) atoms. The Balaban J connectivity index is 1.44. The second-order valence-electron chi connectivity index (χ2n) is 9.65. The second-order valence-corrected chi connectivity index (χ2v) is 9.65. The molecule has 1 aromatic carbocycles. The second kappa shape index (κ2) is 7.56. The van der Waals surface area contributed by atoms with E-state index in [1.807, 2.05) is 32.2 Å². The number of hydrogen-bond acceptors (Lipinski definition) is 7. The molecular formula is C26H28N6O2. The van der Waals surface area contributed by atoms with E-state index in [2.05, 4.69) is 37.7 Å². The van der Waals surface area contributed by atoms with Gasteiger partial charge in [-0.25, -0.2) is 4.98 Å². The van der Waals surface area contributed by atoms with Crippen LogP contribution in [-0.2, 0) is 0 Å². The molecule has 0 N–H and O–H groups in total. The van der Waals surface area contributed by atoms with Gasteiger partial charge in [0, 0.05) is 37.4 Å². The van der Waals surface area contributed by atoms with Crippen LogP contribution in [-0.4, -0.2) is 63.4 Å². The van der Waals surface area contributed by atoms with Gasteiger partial charge in [0.15, 0.2) is 5.75 Å². The largest absolute Gasteiger partial charge is 0.488 e. The van der Waals surface area contributed by atoms with Crippen LogP contribution >= 0.6 is 0 Å². The summed E-state index contributed by atoms with van der Waals surface area (Å²) in [7, 11) is 0. The molecule has 3 aliphatic heterocycles. The van der Waals surface area contributed by atoms with Gasteiger partial charge < -0.3 is 14.2 Å². The zero-order chi connectivity index (χ0) is 22.8. The summed E-state index contributed by atoms with van der Waals surface area (Å²) in [4.78, 5) is 15.0. The van der Waals surface area contributed by atoms with Crippen LogP contribution in [0.1, 0.15) is 36.0 Å². The molecule has 0 bridgehead atoms. The predicted octanol–water partition coefficient (Wildman–Crippen LogP) is 3.97. The van der Waals surface area contributed by atoms with Crippen molar-refractivity contribution in [3.63, 3.8) is 0 Å². The molecule has 2 atom stereocenters. The minimum absolute atomic E-state index is 0.0322. The number of aryl methyl sites for hydroxylation is 2. The summed E-state index contributed by atoms with van der Waals surface area (Å²) < 4.78 is 14.4. The smallest absolute Gasteiger partial charge is 0.207 e. The van der Waals surface area contributed by atoms with Crippen LogP contribution < -0.4 is 9.64 Å². The highest BCUT2D eigenvalue weighted by molar-refractivity contribution is 5.94. The van der Waals surface area contributed by atoms with Crippen LogP contribution in [0.25, 0.3) is 22.2 Å². The Kier molecular flexibility index (Phi) is 4.45. The van der Waals surface area contributed by atoms with E-state index in [1.165, 1.54) is 19.4 Å². The number of fused-ring (bicyclic) bond motifs is 1. The molecule has 3 aromatic heterocycles. The normalized spacial score (nSPS) is 22.2. The van der Waals surface area contributed by atoms with Gasteiger partial charge in [-0.15, -0.1) is 0 Å². The Morgan fingerprint density at radius 3 is 2.82 bits per heavy atom. The lowest BCUT2D eigenvalue weighted by Gasteiger charge is -2.39. The molecule has 0 saturated carbocycles. The van der Waals surface area contributed by atoms with Gasteiger partial charge in [-0.3, -0.25) is 14.5 Å². The number of hydrogen-bond donors (Lipinski definition) is 0. The molecule has 0 unspecified atom stereocenters. The Bertz CT molecular complexity index is 1360.